The first kappa shape index (κ1) is 50.1. The second-order valence-electron chi connectivity index (χ2n) is 16.3. The fourth-order valence-electron chi connectivity index (χ4n) is 5.49. The number of hydrogen-bond donors (Lipinski definition) is 0. The molecule has 0 radical (unpaired) electrons. The Balaban J connectivity index is 0.00000100. The van der Waals surface area contributed by atoms with E-state index in [1.165, 1.54) is 39.9 Å². The smallest absolute Gasteiger partial charge is 0.351 e. The lowest BCUT2D eigenvalue weighted by molar-refractivity contribution is -0.291. The second kappa shape index (κ2) is 26.0. The summed E-state index contributed by atoms with van der Waals surface area (Å²) >= 11 is 0. The third kappa shape index (κ3) is 28.6. The van der Waals surface area contributed by atoms with Crippen LogP contribution in [0.25, 0.3) is 0 Å². The molecule has 302 valence electrons. The Hall–Kier alpha value is -1.93. The van der Waals surface area contributed by atoms with Gasteiger partial charge in [-0.25, -0.2) is 0 Å². The normalized spacial score (nSPS) is 17.9. The number of hydrogen-bond acceptors (Lipinski definition) is 4. The topological polar surface area (TPSA) is 36.9 Å². The largest absolute Gasteiger partial charge is 0.411 e. The molecular weight excluding hydrogens is 661 g/mol. The van der Waals surface area contributed by atoms with Crippen LogP contribution >= 0.6 is 0 Å². The van der Waals surface area contributed by atoms with Crippen molar-refractivity contribution in [3.05, 3.63) is 69.9 Å². The third-order valence-electron chi connectivity index (χ3n) is 8.96. The SMILES string of the molecule is CC(C)=CCCC(C)=CCCC(C)=CCCC1(C)OCC(C)(C)CO1.CCOC(C)(CCC=C(C)CCC=C(C)CCC=C(C)C)OCC(F)(F)F. The molecule has 0 spiro atoms. The molecule has 1 rings (SSSR count). The molecule has 0 saturated carbocycles. The van der Waals surface area contributed by atoms with Crippen molar-refractivity contribution in [2.45, 2.75) is 185 Å². The predicted molar refractivity (Wildman–Crippen MR) is 215 cm³/mol. The van der Waals surface area contributed by atoms with E-state index in [9.17, 15) is 13.2 Å². The molecule has 0 aromatic carbocycles. The van der Waals surface area contributed by atoms with Crippen molar-refractivity contribution in [2.75, 3.05) is 26.4 Å². The van der Waals surface area contributed by atoms with Crippen LogP contribution in [-0.4, -0.2) is 44.2 Å². The molecule has 0 aromatic heterocycles. The average Bonchev–Trinajstić information content (AvgIpc) is 3.02. The molecule has 0 aliphatic carbocycles. The van der Waals surface area contributed by atoms with Crippen LogP contribution in [0.5, 0.6) is 0 Å². The first-order chi connectivity index (χ1) is 24.1. The minimum absolute atomic E-state index is 0.140. The fourth-order valence-corrected chi connectivity index (χ4v) is 5.49. The highest BCUT2D eigenvalue weighted by Gasteiger charge is 2.36. The van der Waals surface area contributed by atoms with Gasteiger partial charge in [-0.05, 0) is 140 Å². The van der Waals surface area contributed by atoms with Crippen LogP contribution in [0.2, 0.25) is 0 Å². The summed E-state index contributed by atoms with van der Waals surface area (Å²) in [6.45, 7) is 27.6. The molecule has 1 atom stereocenters. The van der Waals surface area contributed by atoms with Crippen LogP contribution in [-0.2, 0) is 18.9 Å². The highest BCUT2D eigenvalue weighted by Crippen LogP contribution is 2.32. The van der Waals surface area contributed by atoms with E-state index in [2.05, 4.69) is 113 Å². The molecule has 0 N–H and O–H groups in total. The summed E-state index contributed by atoms with van der Waals surface area (Å²) in [7, 11) is 0. The standard InChI is InChI=1S/C23H40O2.C22H37F3O2/c1-19(2)11-8-12-20(3)13-9-14-21(4)15-10-16-23(7)24-17-22(5,6)18-25-23;1-7-26-21(6,27-17-22(23,24)25)16-10-15-20(5)14-9-13-19(4)12-8-11-18(2)3/h11,13,15H,8-10,12,14,16-18H2,1-7H3;11,13,15H,7-10,12,14,16-17H2,1-6H3. The van der Waals surface area contributed by atoms with Crippen molar-refractivity contribution in [2.24, 2.45) is 5.41 Å². The maximum Gasteiger partial charge on any atom is 0.411 e. The number of alkyl halides is 3. The van der Waals surface area contributed by atoms with E-state index >= 15 is 0 Å². The van der Waals surface area contributed by atoms with Gasteiger partial charge >= 0.3 is 6.18 Å². The zero-order chi connectivity index (χ0) is 39.8. The summed E-state index contributed by atoms with van der Waals surface area (Å²) in [5.41, 5.74) is 8.50. The van der Waals surface area contributed by atoms with Crippen LogP contribution < -0.4 is 0 Å². The maximum absolute atomic E-state index is 12.4. The number of halogens is 3. The molecule has 4 nitrogen and oxygen atoms in total. The quantitative estimate of drug-likeness (QED) is 0.0819. The third-order valence-corrected chi connectivity index (χ3v) is 8.96. The van der Waals surface area contributed by atoms with Crippen molar-refractivity contribution < 1.29 is 32.1 Å². The van der Waals surface area contributed by atoms with E-state index in [1.54, 1.807) is 13.8 Å². The maximum atomic E-state index is 12.4. The highest BCUT2D eigenvalue weighted by atomic mass is 19.4. The average molecular weight is 739 g/mol. The molecule has 1 aliphatic heterocycles. The van der Waals surface area contributed by atoms with E-state index in [4.69, 9.17) is 18.9 Å². The molecule has 52 heavy (non-hydrogen) atoms. The molecule has 1 heterocycles. The fraction of sp³-hybridized carbons (Fsp3) is 0.733. The van der Waals surface area contributed by atoms with E-state index in [1.807, 2.05) is 0 Å². The van der Waals surface area contributed by atoms with E-state index < -0.39 is 24.4 Å². The first-order valence-electron chi connectivity index (χ1n) is 19.6. The molecular formula is C45H77F3O4. The van der Waals surface area contributed by atoms with Crippen LogP contribution in [0.4, 0.5) is 13.2 Å². The van der Waals surface area contributed by atoms with Crippen molar-refractivity contribution in [1.29, 1.82) is 0 Å². The van der Waals surface area contributed by atoms with Crippen LogP contribution in [0, 0.1) is 5.41 Å². The van der Waals surface area contributed by atoms with Crippen molar-refractivity contribution >= 4 is 0 Å². The molecule has 1 fully saturated rings. The predicted octanol–water partition coefficient (Wildman–Crippen LogP) is 14.5. The summed E-state index contributed by atoms with van der Waals surface area (Å²) in [6.07, 6.45) is 21.0. The Morgan fingerprint density at radius 1 is 0.596 bits per heavy atom. The summed E-state index contributed by atoms with van der Waals surface area (Å²) in [5.74, 6) is -1.61. The van der Waals surface area contributed by atoms with Gasteiger partial charge in [-0.1, -0.05) is 83.7 Å². The van der Waals surface area contributed by atoms with Crippen LogP contribution in [0.15, 0.2) is 69.9 Å². The number of ether oxygens (including phenoxy) is 4. The van der Waals surface area contributed by atoms with Gasteiger partial charge in [-0.3, -0.25) is 0 Å². The van der Waals surface area contributed by atoms with Gasteiger partial charge in [0.05, 0.1) is 13.2 Å². The Morgan fingerprint density at radius 3 is 1.37 bits per heavy atom. The van der Waals surface area contributed by atoms with Gasteiger partial charge in [0.15, 0.2) is 11.6 Å². The van der Waals surface area contributed by atoms with Crippen molar-refractivity contribution in [3.63, 3.8) is 0 Å². The second-order valence-corrected chi connectivity index (χ2v) is 16.3. The first-order valence-corrected chi connectivity index (χ1v) is 19.6. The molecule has 1 unspecified atom stereocenters. The Bertz CT molecular complexity index is 1170. The Morgan fingerprint density at radius 2 is 0.981 bits per heavy atom. The van der Waals surface area contributed by atoms with E-state index in [0.29, 0.717) is 19.4 Å². The zero-order valence-corrected chi connectivity index (χ0v) is 35.5. The van der Waals surface area contributed by atoms with Gasteiger partial charge in [-0.2, -0.15) is 13.2 Å². The van der Waals surface area contributed by atoms with Gasteiger partial charge in [0.1, 0.15) is 6.61 Å². The molecule has 0 bridgehead atoms. The van der Waals surface area contributed by atoms with E-state index in [-0.39, 0.29) is 5.41 Å². The zero-order valence-electron chi connectivity index (χ0n) is 35.5. The van der Waals surface area contributed by atoms with Gasteiger partial charge in [0.25, 0.3) is 0 Å². The monoisotopic (exact) mass is 739 g/mol. The van der Waals surface area contributed by atoms with Crippen LogP contribution in [0.3, 0.4) is 0 Å². The lowest BCUT2D eigenvalue weighted by Gasteiger charge is -2.41. The summed E-state index contributed by atoms with van der Waals surface area (Å²) < 4.78 is 59.5. The number of allylic oxidation sites excluding steroid dienone is 12. The molecule has 0 amide bonds. The van der Waals surface area contributed by atoms with Gasteiger partial charge in [-0.15, -0.1) is 0 Å². The van der Waals surface area contributed by atoms with Crippen molar-refractivity contribution in [3.8, 4) is 0 Å². The van der Waals surface area contributed by atoms with Crippen molar-refractivity contribution in [1.82, 2.24) is 0 Å². The van der Waals surface area contributed by atoms with Gasteiger partial charge in [0.2, 0.25) is 0 Å². The highest BCUT2D eigenvalue weighted by molar-refractivity contribution is 5.07. The molecule has 1 saturated heterocycles. The lowest BCUT2D eigenvalue weighted by atomic mass is 9.94. The minimum Gasteiger partial charge on any atom is -0.351 e. The molecule has 0 aromatic rings. The number of rotatable bonds is 22. The molecule has 1 aliphatic rings. The van der Waals surface area contributed by atoms with Crippen LogP contribution in [0.1, 0.15) is 167 Å². The van der Waals surface area contributed by atoms with Gasteiger partial charge < -0.3 is 18.9 Å². The molecule has 7 heteroatoms. The Kier molecular flexibility index (Phi) is 25.0. The summed E-state index contributed by atoms with van der Waals surface area (Å²) in [4.78, 5) is 0. The lowest BCUT2D eigenvalue weighted by Crippen LogP contribution is -2.45. The Labute approximate surface area is 318 Å². The summed E-state index contributed by atoms with van der Waals surface area (Å²) in [5, 5.41) is 0. The van der Waals surface area contributed by atoms with Gasteiger partial charge in [0, 0.05) is 24.9 Å². The summed E-state index contributed by atoms with van der Waals surface area (Å²) in [6, 6.07) is 0. The minimum atomic E-state index is -4.35. The van der Waals surface area contributed by atoms with E-state index in [0.717, 1.165) is 71.0 Å².